The van der Waals surface area contributed by atoms with Gasteiger partial charge in [-0.2, -0.15) is 0 Å². The summed E-state index contributed by atoms with van der Waals surface area (Å²) in [6.07, 6.45) is 0.102. The van der Waals surface area contributed by atoms with Crippen LogP contribution in [-0.4, -0.2) is 40.8 Å². The summed E-state index contributed by atoms with van der Waals surface area (Å²) in [6, 6.07) is 0. The molecule has 0 bridgehead atoms. The Hall–Kier alpha value is -1.26. The average Bonchev–Trinajstić information content (AvgIpc) is 2.19. The summed E-state index contributed by atoms with van der Waals surface area (Å²) in [5.41, 5.74) is -1.27. The Morgan fingerprint density at radius 2 is 1.94 bits per heavy atom. The van der Waals surface area contributed by atoms with E-state index in [1.807, 2.05) is 27.7 Å². The number of aliphatic carboxylic acids is 1. The second kappa shape index (κ2) is 4.78. The lowest BCUT2D eigenvalue weighted by atomic mass is 9.73. The molecule has 5 nitrogen and oxygen atoms in total. The number of rotatable bonds is 1. The number of hydrogen-bond donors (Lipinski definition) is 1. The van der Waals surface area contributed by atoms with Crippen LogP contribution in [0.5, 0.6) is 0 Å². The van der Waals surface area contributed by atoms with Gasteiger partial charge in [0.25, 0.3) is 0 Å². The van der Waals surface area contributed by atoms with Gasteiger partial charge in [-0.15, -0.1) is 0 Å². The van der Waals surface area contributed by atoms with Gasteiger partial charge < -0.3 is 14.7 Å². The molecule has 1 N–H and O–H groups in total. The molecule has 1 rings (SSSR count). The van der Waals surface area contributed by atoms with Crippen LogP contribution >= 0.6 is 0 Å². The molecule has 1 aliphatic heterocycles. The Morgan fingerprint density at radius 3 is 2.33 bits per heavy atom. The minimum atomic E-state index is -0.793. The van der Waals surface area contributed by atoms with Crippen LogP contribution in [0.2, 0.25) is 0 Å². The first-order valence-corrected chi connectivity index (χ1v) is 6.27. The number of amides is 1. The summed E-state index contributed by atoms with van der Waals surface area (Å²) in [7, 11) is 0. The van der Waals surface area contributed by atoms with E-state index in [-0.39, 0.29) is 12.0 Å². The number of nitrogens with zero attached hydrogens (tertiary/aromatic N) is 1. The van der Waals surface area contributed by atoms with Crippen molar-refractivity contribution in [1.29, 1.82) is 0 Å². The molecular weight excluding hydrogens is 234 g/mol. The molecule has 1 aliphatic rings. The van der Waals surface area contributed by atoms with Gasteiger partial charge in [0.15, 0.2) is 0 Å². The van der Waals surface area contributed by atoms with Crippen molar-refractivity contribution in [3.8, 4) is 0 Å². The van der Waals surface area contributed by atoms with Crippen molar-refractivity contribution < 1.29 is 19.4 Å². The maximum Gasteiger partial charge on any atom is 0.410 e. The lowest BCUT2D eigenvalue weighted by Gasteiger charge is -2.41. The normalized spacial score (nSPS) is 28.9. The second-order valence-electron chi connectivity index (χ2n) is 6.30. The quantitative estimate of drug-likeness (QED) is 0.783. The highest BCUT2D eigenvalue weighted by Gasteiger charge is 2.44. The molecular formula is C13H23NO4. The van der Waals surface area contributed by atoms with E-state index in [2.05, 4.69) is 0 Å². The fraction of sp³-hybridized carbons (Fsp3) is 0.846. The molecule has 1 fully saturated rings. The topological polar surface area (TPSA) is 66.8 Å². The number of ether oxygens (including phenoxy) is 1. The van der Waals surface area contributed by atoms with Crippen molar-refractivity contribution >= 4 is 12.1 Å². The molecule has 0 radical (unpaired) electrons. The molecule has 104 valence electrons. The van der Waals surface area contributed by atoms with Crippen molar-refractivity contribution in [2.24, 2.45) is 11.3 Å². The van der Waals surface area contributed by atoms with Gasteiger partial charge in [-0.3, -0.25) is 4.79 Å². The van der Waals surface area contributed by atoms with Crippen LogP contribution in [0.4, 0.5) is 4.79 Å². The fourth-order valence-corrected chi connectivity index (χ4v) is 2.05. The van der Waals surface area contributed by atoms with Crippen molar-refractivity contribution in [3.05, 3.63) is 0 Å². The number of carboxylic acids is 1. The van der Waals surface area contributed by atoms with E-state index in [1.165, 1.54) is 0 Å². The summed E-state index contributed by atoms with van der Waals surface area (Å²) < 4.78 is 5.29. The molecule has 1 amide bonds. The zero-order valence-electron chi connectivity index (χ0n) is 11.8. The van der Waals surface area contributed by atoms with Crippen LogP contribution in [0.1, 0.15) is 41.0 Å². The van der Waals surface area contributed by atoms with Crippen LogP contribution in [0.25, 0.3) is 0 Å². The number of hydrogen-bond acceptors (Lipinski definition) is 3. The summed E-state index contributed by atoms with van der Waals surface area (Å²) >= 11 is 0. The Kier molecular flexibility index (Phi) is 3.93. The van der Waals surface area contributed by atoms with Crippen molar-refractivity contribution in [3.63, 3.8) is 0 Å². The molecule has 0 unspecified atom stereocenters. The van der Waals surface area contributed by atoms with Crippen LogP contribution in [0.3, 0.4) is 0 Å². The maximum atomic E-state index is 11.9. The maximum absolute atomic E-state index is 11.9. The monoisotopic (exact) mass is 257 g/mol. The van der Waals surface area contributed by atoms with Crippen LogP contribution < -0.4 is 0 Å². The van der Waals surface area contributed by atoms with Gasteiger partial charge in [-0.1, -0.05) is 6.92 Å². The van der Waals surface area contributed by atoms with Gasteiger partial charge in [-0.25, -0.2) is 4.79 Å². The van der Waals surface area contributed by atoms with E-state index < -0.39 is 17.0 Å². The Balaban J connectivity index is 2.67. The molecule has 1 heterocycles. The standard InChI is InChI=1S/C13H23NO4/c1-9-8-14(11(17)18-12(2,3)4)7-6-13(9,5)10(15)16/h9H,6-8H2,1-5H3,(H,15,16)/t9-,13+/m0/s1. The van der Waals surface area contributed by atoms with E-state index in [1.54, 1.807) is 11.8 Å². The lowest BCUT2D eigenvalue weighted by molar-refractivity contribution is -0.154. The molecule has 0 aromatic heterocycles. The molecule has 0 saturated carbocycles. The third kappa shape index (κ3) is 3.15. The highest BCUT2D eigenvalue weighted by Crippen LogP contribution is 2.36. The SMILES string of the molecule is C[C@H]1CN(C(=O)OC(C)(C)C)CC[C@@]1(C)C(=O)O. The smallest absolute Gasteiger partial charge is 0.410 e. The largest absolute Gasteiger partial charge is 0.481 e. The van der Waals surface area contributed by atoms with Crippen molar-refractivity contribution in [1.82, 2.24) is 4.90 Å². The van der Waals surface area contributed by atoms with E-state index in [9.17, 15) is 14.7 Å². The molecule has 2 atom stereocenters. The van der Waals surface area contributed by atoms with Crippen molar-refractivity contribution in [2.45, 2.75) is 46.6 Å². The minimum absolute atomic E-state index is 0.0868. The molecule has 0 aliphatic carbocycles. The minimum Gasteiger partial charge on any atom is -0.481 e. The van der Waals surface area contributed by atoms with Crippen LogP contribution in [0.15, 0.2) is 0 Å². The molecule has 5 heteroatoms. The number of carboxylic acid groups (broad SMARTS) is 1. The second-order valence-corrected chi connectivity index (χ2v) is 6.30. The Morgan fingerprint density at radius 1 is 1.39 bits per heavy atom. The summed E-state index contributed by atoms with van der Waals surface area (Å²) in [6.45, 7) is 9.93. The summed E-state index contributed by atoms with van der Waals surface area (Å²) in [4.78, 5) is 24.8. The van der Waals surface area contributed by atoms with E-state index in [4.69, 9.17) is 4.74 Å². The van der Waals surface area contributed by atoms with Crippen molar-refractivity contribution in [2.75, 3.05) is 13.1 Å². The average molecular weight is 257 g/mol. The lowest BCUT2D eigenvalue weighted by Crippen LogP contribution is -2.51. The number of piperidine rings is 1. The predicted molar refractivity (Wildman–Crippen MR) is 67.3 cm³/mol. The zero-order valence-corrected chi connectivity index (χ0v) is 11.8. The third-order valence-corrected chi connectivity index (χ3v) is 3.62. The van der Waals surface area contributed by atoms with E-state index >= 15 is 0 Å². The first kappa shape index (κ1) is 14.8. The van der Waals surface area contributed by atoms with Gasteiger partial charge in [0.05, 0.1) is 5.41 Å². The highest BCUT2D eigenvalue weighted by molar-refractivity contribution is 5.75. The third-order valence-electron chi connectivity index (χ3n) is 3.62. The predicted octanol–water partition coefficient (Wildman–Crippen LogP) is 2.35. The number of carbonyl (C=O) groups excluding carboxylic acids is 1. The summed E-state index contributed by atoms with van der Waals surface area (Å²) in [5, 5.41) is 9.24. The molecule has 1 saturated heterocycles. The Labute approximate surface area is 108 Å². The number of carbonyl (C=O) groups is 2. The first-order valence-electron chi connectivity index (χ1n) is 6.27. The molecule has 18 heavy (non-hydrogen) atoms. The fourth-order valence-electron chi connectivity index (χ4n) is 2.05. The summed E-state index contributed by atoms with van der Waals surface area (Å²) in [5.74, 6) is -0.880. The molecule has 0 aromatic carbocycles. The molecule has 0 aromatic rings. The van der Waals surface area contributed by atoms with E-state index in [0.29, 0.717) is 19.5 Å². The van der Waals surface area contributed by atoms with Gasteiger partial charge in [0, 0.05) is 13.1 Å². The Bertz CT molecular complexity index is 347. The number of likely N-dealkylation sites (tertiary alicyclic amines) is 1. The highest BCUT2D eigenvalue weighted by atomic mass is 16.6. The van der Waals surface area contributed by atoms with Gasteiger partial charge in [0.2, 0.25) is 0 Å². The van der Waals surface area contributed by atoms with Gasteiger partial charge in [0.1, 0.15) is 5.60 Å². The van der Waals surface area contributed by atoms with Gasteiger partial charge in [-0.05, 0) is 40.0 Å². The zero-order chi connectivity index (χ0) is 14.1. The first-order chi connectivity index (χ1) is 8.06. The van der Waals surface area contributed by atoms with E-state index in [0.717, 1.165) is 0 Å². The van der Waals surface area contributed by atoms with Gasteiger partial charge >= 0.3 is 12.1 Å². The van der Waals surface area contributed by atoms with Crippen LogP contribution in [0, 0.1) is 11.3 Å². The molecule has 0 spiro atoms. The van der Waals surface area contributed by atoms with Crippen LogP contribution in [-0.2, 0) is 9.53 Å².